The first-order valence-corrected chi connectivity index (χ1v) is 9.53. The van der Waals surface area contributed by atoms with Gasteiger partial charge in [-0.1, -0.05) is 48.5 Å². The summed E-state index contributed by atoms with van der Waals surface area (Å²) < 4.78 is 13.7. The molecule has 0 saturated carbocycles. The zero-order valence-electron chi connectivity index (χ0n) is 15.7. The summed E-state index contributed by atoms with van der Waals surface area (Å²) in [7, 11) is 0. The number of para-hydroxylation sites is 1. The molecule has 2 N–H and O–H groups in total. The standard InChI is InChI=1S/C23H20N4O2/c24-13-18(16-6-2-1-3-7-16)15-28-23-11-10-22-25-14-19(27(22)26-23)21-12-17-8-4-5-9-20(17)29-21/h1-12,14,18H,13,15,24H2. The minimum atomic E-state index is 0.103. The van der Waals surface area contributed by atoms with Crippen LogP contribution in [0, 0.1) is 0 Å². The van der Waals surface area contributed by atoms with Crippen molar-refractivity contribution in [3.8, 4) is 17.3 Å². The van der Waals surface area contributed by atoms with E-state index in [4.69, 9.17) is 14.9 Å². The number of benzene rings is 2. The van der Waals surface area contributed by atoms with Gasteiger partial charge in [-0.15, -0.1) is 5.10 Å². The Morgan fingerprint density at radius 2 is 1.83 bits per heavy atom. The zero-order chi connectivity index (χ0) is 19.6. The summed E-state index contributed by atoms with van der Waals surface area (Å²) in [6, 6.07) is 23.7. The molecule has 0 aliphatic rings. The average molecular weight is 384 g/mol. The predicted octanol–water partition coefficient (Wildman–Crippen LogP) is 4.26. The first kappa shape index (κ1) is 17.5. The van der Waals surface area contributed by atoms with Crippen LogP contribution >= 0.6 is 0 Å². The van der Waals surface area contributed by atoms with Crippen molar-refractivity contribution in [1.29, 1.82) is 0 Å². The van der Waals surface area contributed by atoms with Crippen molar-refractivity contribution in [1.82, 2.24) is 14.6 Å². The maximum Gasteiger partial charge on any atom is 0.231 e. The molecule has 5 aromatic rings. The number of nitrogens with two attached hydrogens (primary N) is 1. The maximum absolute atomic E-state index is 5.98. The van der Waals surface area contributed by atoms with Crippen LogP contribution in [0.4, 0.5) is 0 Å². The summed E-state index contributed by atoms with van der Waals surface area (Å²) in [5.41, 5.74) is 9.44. The van der Waals surface area contributed by atoms with Crippen LogP contribution in [0.15, 0.2) is 83.4 Å². The first-order chi connectivity index (χ1) is 14.3. The van der Waals surface area contributed by atoms with Crippen LogP contribution in [-0.2, 0) is 0 Å². The van der Waals surface area contributed by atoms with Crippen molar-refractivity contribution in [2.24, 2.45) is 5.73 Å². The van der Waals surface area contributed by atoms with Gasteiger partial charge in [0, 0.05) is 23.9 Å². The van der Waals surface area contributed by atoms with E-state index in [1.54, 1.807) is 10.7 Å². The molecule has 6 heteroatoms. The van der Waals surface area contributed by atoms with Crippen LogP contribution < -0.4 is 10.5 Å². The molecule has 5 rings (SSSR count). The van der Waals surface area contributed by atoms with Gasteiger partial charge in [0.1, 0.15) is 11.3 Å². The van der Waals surface area contributed by atoms with E-state index >= 15 is 0 Å². The predicted molar refractivity (Wildman–Crippen MR) is 112 cm³/mol. The van der Waals surface area contributed by atoms with Crippen molar-refractivity contribution in [3.05, 3.63) is 84.6 Å². The highest BCUT2D eigenvalue weighted by Gasteiger charge is 2.14. The Labute approximate surface area is 167 Å². The number of hydrogen-bond acceptors (Lipinski definition) is 5. The smallest absolute Gasteiger partial charge is 0.231 e. The minimum absolute atomic E-state index is 0.103. The lowest BCUT2D eigenvalue weighted by molar-refractivity contribution is 0.276. The average Bonchev–Trinajstić information content (AvgIpc) is 3.38. The Kier molecular flexibility index (Phi) is 4.46. The second kappa shape index (κ2) is 7.41. The van der Waals surface area contributed by atoms with E-state index in [9.17, 15) is 0 Å². The summed E-state index contributed by atoms with van der Waals surface area (Å²) in [6.45, 7) is 0.954. The van der Waals surface area contributed by atoms with Crippen molar-refractivity contribution >= 4 is 16.6 Å². The summed E-state index contributed by atoms with van der Waals surface area (Å²) in [4.78, 5) is 4.43. The van der Waals surface area contributed by atoms with Gasteiger partial charge in [-0.25, -0.2) is 9.50 Å². The fourth-order valence-corrected chi connectivity index (χ4v) is 3.42. The Balaban J connectivity index is 1.43. The number of fused-ring (bicyclic) bond motifs is 2. The van der Waals surface area contributed by atoms with Gasteiger partial charge in [0.15, 0.2) is 11.4 Å². The van der Waals surface area contributed by atoms with Crippen molar-refractivity contribution in [2.45, 2.75) is 5.92 Å². The second-order valence-electron chi connectivity index (χ2n) is 6.89. The highest BCUT2D eigenvalue weighted by Crippen LogP contribution is 2.28. The molecule has 29 heavy (non-hydrogen) atoms. The van der Waals surface area contributed by atoms with Crippen LogP contribution in [0.2, 0.25) is 0 Å². The quantitative estimate of drug-likeness (QED) is 0.473. The Morgan fingerprint density at radius 3 is 2.66 bits per heavy atom. The number of rotatable bonds is 6. The van der Waals surface area contributed by atoms with Crippen molar-refractivity contribution in [3.63, 3.8) is 0 Å². The van der Waals surface area contributed by atoms with E-state index < -0.39 is 0 Å². The molecule has 0 spiro atoms. The van der Waals surface area contributed by atoms with Gasteiger partial charge in [-0.05, 0) is 23.8 Å². The fraction of sp³-hybridized carbons (Fsp3) is 0.130. The molecular weight excluding hydrogens is 364 g/mol. The summed E-state index contributed by atoms with van der Waals surface area (Å²) in [6.07, 6.45) is 1.76. The summed E-state index contributed by atoms with van der Waals surface area (Å²) in [5, 5.41) is 5.65. The normalized spacial score (nSPS) is 12.4. The van der Waals surface area contributed by atoms with Crippen molar-refractivity contribution in [2.75, 3.05) is 13.2 Å². The largest absolute Gasteiger partial charge is 0.476 e. The summed E-state index contributed by atoms with van der Waals surface area (Å²) >= 11 is 0. The minimum Gasteiger partial charge on any atom is -0.476 e. The van der Waals surface area contributed by atoms with E-state index in [0.717, 1.165) is 27.9 Å². The molecule has 6 nitrogen and oxygen atoms in total. The molecule has 0 aliphatic carbocycles. The van der Waals surface area contributed by atoms with Gasteiger partial charge in [-0.2, -0.15) is 0 Å². The van der Waals surface area contributed by atoms with Crippen LogP contribution in [0.1, 0.15) is 11.5 Å². The number of furan rings is 1. The Hall–Kier alpha value is -3.64. The second-order valence-corrected chi connectivity index (χ2v) is 6.89. The van der Waals surface area contributed by atoms with E-state index in [2.05, 4.69) is 22.2 Å². The molecule has 1 atom stereocenters. The fourth-order valence-electron chi connectivity index (χ4n) is 3.42. The third-order valence-corrected chi connectivity index (χ3v) is 5.00. The number of aromatic nitrogens is 3. The van der Waals surface area contributed by atoms with Gasteiger partial charge < -0.3 is 14.9 Å². The van der Waals surface area contributed by atoms with E-state index in [0.29, 0.717) is 24.8 Å². The number of hydrogen-bond donors (Lipinski definition) is 1. The van der Waals surface area contributed by atoms with Crippen LogP contribution in [0.5, 0.6) is 5.88 Å². The molecular formula is C23H20N4O2. The van der Waals surface area contributed by atoms with Crippen LogP contribution in [-0.4, -0.2) is 27.7 Å². The molecule has 3 heterocycles. The molecule has 0 saturated heterocycles. The molecule has 0 bridgehead atoms. The Morgan fingerprint density at radius 1 is 1.00 bits per heavy atom. The molecule has 144 valence electrons. The van der Waals surface area contributed by atoms with Gasteiger partial charge in [-0.3, -0.25) is 0 Å². The SMILES string of the molecule is NCC(COc1ccc2ncc(-c3cc4ccccc4o3)n2n1)c1ccccc1. The van der Waals surface area contributed by atoms with Crippen LogP contribution in [0.25, 0.3) is 28.1 Å². The van der Waals surface area contributed by atoms with E-state index in [-0.39, 0.29) is 5.92 Å². The molecule has 2 aromatic carbocycles. The van der Waals surface area contributed by atoms with Crippen LogP contribution in [0.3, 0.4) is 0 Å². The van der Waals surface area contributed by atoms with Gasteiger partial charge in [0.2, 0.25) is 5.88 Å². The Bertz CT molecular complexity index is 1230. The maximum atomic E-state index is 5.98. The highest BCUT2D eigenvalue weighted by atomic mass is 16.5. The van der Waals surface area contributed by atoms with E-state index in [1.165, 1.54) is 0 Å². The number of nitrogens with zero attached hydrogens (tertiary/aromatic N) is 3. The zero-order valence-corrected chi connectivity index (χ0v) is 15.7. The van der Waals surface area contributed by atoms with Crippen molar-refractivity contribution < 1.29 is 9.15 Å². The highest BCUT2D eigenvalue weighted by molar-refractivity contribution is 5.82. The molecule has 0 fully saturated rings. The molecule has 0 amide bonds. The van der Waals surface area contributed by atoms with Gasteiger partial charge in [0.25, 0.3) is 0 Å². The topological polar surface area (TPSA) is 78.6 Å². The van der Waals surface area contributed by atoms with E-state index in [1.807, 2.05) is 60.7 Å². The first-order valence-electron chi connectivity index (χ1n) is 9.53. The lowest BCUT2D eigenvalue weighted by Crippen LogP contribution is -2.20. The number of ether oxygens (including phenoxy) is 1. The molecule has 3 aromatic heterocycles. The molecule has 1 unspecified atom stereocenters. The third-order valence-electron chi connectivity index (χ3n) is 5.00. The number of imidazole rings is 1. The molecule has 0 radical (unpaired) electrons. The lowest BCUT2D eigenvalue weighted by Gasteiger charge is -2.15. The summed E-state index contributed by atoms with van der Waals surface area (Å²) in [5.74, 6) is 1.33. The molecule has 0 aliphatic heterocycles. The monoisotopic (exact) mass is 384 g/mol. The lowest BCUT2D eigenvalue weighted by atomic mass is 10.0. The van der Waals surface area contributed by atoms with Gasteiger partial charge >= 0.3 is 0 Å². The third kappa shape index (κ3) is 3.34. The van der Waals surface area contributed by atoms with Gasteiger partial charge in [0.05, 0.1) is 12.8 Å².